The third-order valence-corrected chi connectivity index (χ3v) is 8.36. The first kappa shape index (κ1) is 19.5. The maximum absolute atomic E-state index is 12.5. The van der Waals surface area contributed by atoms with Crippen molar-refractivity contribution in [2.24, 2.45) is 4.99 Å². The molecule has 2 aliphatic heterocycles. The number of carbonyl (C=O) groups is 1. The molecule has 4 rings (SSSR count). The average molecular weight is 435 g/mol. The van der Waals surface area contributed by atoms with Crippen molar-refractivity contribution >= 4 is 44.3 Å². The van der Waals surface area contributed by atoms with Gasteiger partial charge in [0.2, 0.25) is 0 Å². The minimum atomic E-state index is -3.05. The minimum Gasteiger partial charge on any atom is -0.342 e. The fourth-order valence-corrected chi connectivity index (χ4v) is 7.62. The molecule has 2 heterocycles. The van der Waals surface area contributed by atoms with Crippen LogP contribution >= 0.6 is 23.4 Å². The summed E-state index contributed by atoms with van der Waals surface area (Å²) in [7, 11) is -3.05. The monoisotopic (exact) mass is 434 g/mol. The molecule has 0 bridgehead atoms. The molecule has 2 aromatic carbocycles. The minimum absolute atomic E-state index is 0.0733. The number of carbonyl (C=O) groups excluding carboxylic acids is 1. The van der Waals surface area contributed by atoms with E-state index in [1.165, 1.54) is 11.8 Å². The second-order valence-corrected chi connectivity index (χ2v) is 10.8. The summed E-state index contributed by atoms with van der Waals surface area (Å²) in [5.41, 5.74) is 1.91. The highest BCUT2D eigenvalue weighted by Gasteiger charge is 2.48. The molecule has 8 heteroatoms. The maximum atomic E-state index is 12.5. The lowest BCUT2D eigenvalue weighted by molar-refractivity contribution is -0.117. The standard InChI is InChI=1S/C20H19ClN2O3S2/c21-16-8-6-14(7-9-16)10-19(24)22-20-23(11-15-4-2-1-3-5-15)17-12-28(25,26)13-18(17)27-20/h1-9,17-18H,10-13H2/t17-,18-/m1/s1. The van der Waals surface area contributed by atoms with Gasteiger partial charge in [0.05, 0.1) is 24.0 Å². The van der Waals surface area contributed by atoms with Gasteiger partial charge in [-0.25, -0.2) is 8.42 Å². The summed E-state index contributed by atoms with van der Waals surface area (Å²) >= 11 is 7.29. The maximum Gasteiger partial charge on any atom is 0.252 e. The van der Waals surface area contributed by atoms with Crippen LogP contribution in [-0.4, -0.2) is 47.2 Å². The average Bonchev–Trinajstić information content (AvgIpc) is 3.10. The van der Waals surface area contributed by atoms with Crippen molar-refractivity contribution in [1.82, 2.24) is 4.90 Å². The topological polar surface area (TPSA) is 66.8 Å². The molecular formula is C20H19ClN2O3S2. The van der Waals surface area contributed by atoms with Gasteiger partial charge >= 0.3 is 0 Å². The van der Waals surface area contributed by atoms with Gasteiger partial charge in [0.25, 0.3) is 5.91 Å². The molecule has 2 atom stereocenters. The summed E-state index contributed by atoms with van der Waals surface area (Å²) in [5, 5.41) is 1.17. The highest BCUT2D eigenvalue weighted by atomic mass is 35.5. The Hall–Kier alpha value is -1.83. The molecule has 0 radical (unpaired) electrons. The molecule has 28 heavy (non-hydrogen) atoms. The highest BCUT2D eigenvalue weighted by Crippen LogP contribution is 2.39. The molecule has 146 valence electrons. The Morgan fingerprint density at radius 1 is 1.07 bits per heavy atom. The number of hydrogen-bond acceptors (Lipinski definition) is 4. The van der Waals surface area contributed by atoms with Crippen molar-refractivity contribution in [2.45, 2.75) is 24.3 Å². The van der Waals surface area contributed by atoms with E-state index < -0.39 is 9.84 Å². The number of aliphatic imine (C=N–C) groups is 1. The summed E-state index contributed by atoms with van der Waals surface area (Å²) in [5.74, 6) is 0.00521. The van der Waals surface area contributed by atoms with Gasteiger partial charge in [-0.3, -0.25) is 4.79 Å². The number of thioether (sulfide) groups is 1. The highest BCUT2D eigenvalue weighted by molar-refractivity contribution is 8.15. The van der Waals surface area contributed by atoms with E-state index in [2.05, 4.69) is 4.99 Å². The molecule has 2 aliphatic rings. The predicted octanol–water partition coefficient (Wildman–Crippen LogP) is 3.18. The Balaban J connectivity index is 1.56. The van der Waals surface area contributed by atoms with Gasteiger partial charge in [0, 0.05) is 16.8 Å². The van der Waals surface area contributed by atoms with Crippen LogP contribution in [-0.2, 0) is 27.6 Å². The fraction of sp³-hybridized carbons (Fsp3) is 0.300. The summed E-state index contributed by atoms with van der Waals surface area (Å²) in [6, 6.07) is 16.8. The quantitative estimate of drug-likeness (QED) is 0.739. The Labute approximate surface area is 173 Å². The number of rotatable bonds is 4. The number of sulfone groups is 1. The van der Waals surface area contributed by atoms with Gasteiger partial charge in [0.15, 0.2) is 15.0 Å². The molecule has 0 spiro atoms. The molecule has 0 unspecified atom stereocenters. The fourth-order valence-electron chi connectivity index (χ4n) is 3.52. The lowest BCUT2D eigenvalue weighted by atomic mass is 10.1. The lowest BCUT2D eigenvalue weighted by Crippen LogP contribution is -2.37. The van der Waals surface area contributed by atoms with Crippen molar-refractivity contribution in [1.29, 1.82) is 0 Å². The van der Waals surface area contributed by atoms with E-state index in [1.807, 2.05) is 47.4 Å². The van der Waals surface area contributed by atoms with Crippen LogP contribution in [0, 0.1) is 0 Å². The summed E-state index contributed by atoms with van der Waals surface area (Å²) < 4.78 is 24.2. The Kier molecular flexibility index (Phi) is 5.49. The second-order valence-electron chi connectivity index (χ2n) is 7.01. The van der Waals surface area contributed by atoms with Crippen LogP contribution in [0.25, 0.3) is 0 Å². The zero-order valence-electron chi connectivity index (χ0n) is 15.0. The van der Waals surface area contributed by atoms with Crippen LogP contribution in [0.1, 0.15) is 11.1 Å². The SMILES string of the molecule is O=C(Cc1ccc(Cl)cc1)N=C1S[C@@H]2CS(=O)(=O)C[C@H]2N1Cc1ccccc1. The smallest absolute Gasteiger partial charge is 0.252 e. The van der Waals surface area contributed by atoms with E-state index in [4.69, 9.17) is 11.6 Å². The molecule has 1 amide bonds. The van der Waals surface area contributed by atoms with E-state index >= 15 is 0 Å². The third kappa shape index (κ3) is 4.42. The number of halogens is 1. The molecule has 2 fully saturated rings. The second kappa shape index (κ2) is 7.89. The van der Waals surface area contributed by atoms with Crippen molar-refractivity contribution in [3.05, 3.63) is 70.7 Å². The van der Waals surface area contributed by atoms with Crippen molar-refractivity contribution in [3.8, 4) is 0 Å². The molecule has 2 aromatic rings. The first-order chi connectivity index (χ1) is 13.4. The number of benzene rings is 2. The molecular weight excluding hydrogens is 416 g/mol. The van der Waals surface area contributed by atoms with Crippen LogP contribution in [0.15, 0.2) is 59.6 Å². The first-order valence-electron chi connectivity index (χ1n) is 8.93. The largest absolute Gasteiger partial charge is 0.342 e. The van der Waals surface area contributed by atoms with Crippen LogP contribution in [0.3, 0.4) is 0 Å². The molecule has 5 nitrogen and oxygen atoms in total. The van der Waals surface area contributed by atoms with E-state index in [1.54, 1.807) is 12.1 Å². The Bertz CT molecular complexity index is 1010. The zero-order chi connectivity index (χ0) is 19.7. The number of nitrogens with zero attached hydrogens (tertiary/aromatic N) is 2. The van der Waals surface area contributed by atoms with Gasteiger partial charge < -0.3 is 4.90 Å². The van der Waals surface area contributed by atoms with E-state index in [0.717, 1.165) is 11.1 Å². The number of hydrogen-bond donors (Lipinski definition) is 0. The Morgan fingerprint density at radius 2 is 1.79 bits per heavy atom. The summed E-state index contributed by atoms with van der Waals surface area (Å²) in [6.07, 6.45) is 0.189. The van der Waals surface area contributed by atoms with Crippen LogP contribution in [0.4, 0.5) is 0 Å². The van der Waals surface area contributed by atoms with Crippen LogP contribution in [0.5, 0.6) is 0 Å². The van der Waals surface area contributed by atoms with Gasteiger partial charge in [-0.15, -0.1) is 0 Å². The van der Waals surface area contributed by atoms with Crippen LogP contribution in [0.2, 0.25) is 5.02 Å². The van der Waals surface area contributed by atoms with Gasteiger partial charge in [-0.1, -0.05) is 65.8 Å². The van der Waals surface area contributed by atoms with Gasteiger partial charge in [-0.05, 0) is 23.3 Å². The van der Waals surface area contributed by atoms with E-state index in [0.29, 0.717) is 16.7 Å². The van der Waals surface area contributed by atoms with Gasteiger partial charge in [0.1, 0.15) is 0 Å². The zero-order valence-corrected chi connectivity index (χ0v) is 17.4. The molecule has 0 aliphatic carbocycles. The van der Waals surface area contributed by atoms with E-state index in [9.17, 15) is 13.2 Å². The summed E-state index contributed by atoms with van der Waals surface area (Å²) in [4.78, 5) is 18.8. The third-order valence-electron chi connectivity index (χ3n) is 4.86. The van der Waals surface area contributed by atoms with Crippen molar-refractivity contribution in [2.75, 3.05) is 11.5 Å². The van der Waals surface area contributed by atoms with Crippen molar-refractivity contribution in [3.63, 3.8) is 0 Å². The summed E-state index contributed by atoms with van der Waals surface area (Å²) in [6.45, 7) is 0.539. The Morgan fingerprint density at radius 3 is 2.50 bits per heavy atom. The molecule has 0 N–H and O–H groups in total. The molecule has 0 aromatic heterocycles. The van der Waals surface area contributed by atoms with Gasteiger partial charge in [-0.2, -0.15) is 4.99 Å². The number of amidine groups is 1. The lowest BCUT2D eigenvalue weighted by Gasteiger charge is -2.24. The normalized spacial score (nSPS) is 24.5. The molecule has 0 saturated carbocycles. The first-order valence-corrected chi connectivity index (χ1v) is 12.0. The van der Waals surface area contributed by atoms with Crippen molar-refractivity contribution < 1.29 is 13.2 Å². The number of amides is 1. The number of fused-ring (bicyclic) bond motifs is 1. The van der Waals surface area contributed by atoms with Crippen LogP contribution < -0.4 is 0 Å². The van der Waals surface area contributed by atoms with E-state index in [-0.39, 0.29) is 35.1 Å². The predicted molar refractivity (Wildman–Crippen MR) is 113 cm³/mol. The molecule has 2 saturated heterocycles.